The van der Waals surface area contributed by atoms with Gasteiger partial charge in [-0.3, -0.25) is 14.6 Å². The van der Waals surface area contributed by atoms with Gasteiger partial charge in [0.1, 0.15) is 0 Å². The fraction of sp³-hybridized carbons (Fsp3) is 0.182. The summed E-state index contributed by atoms with van der Waals surface area (Å²) in [5.41, 5.74) is 1.96. The molecule has 0 radical (unpaired) electrons. The summed E-state index contributed by atoms with van der Waals surface area (Å²) >= 11 is 1.51. The first-order chi connectivity index (χ1) is 10.1. The molecule has 4 N–H and O–H groups in total. The molecule has 0 aromatic carbocycles. The van der Waals surface area contributed by atoms with Crippen LogP contribution in [0.3, 0.4) is 0 Å². The lowest BCUT2D eigenvalue weighted by atomic mass is 10.3. The number of amides is 1. The van der Waals surface area contributed by atoms with Crippen molar-refractivity contribution in [3.05, 3.63) is 42.7 Å². The fourth-order valence-corrected chi connectivity index (χ4v) is 2.14. The number of carbonyl (C=O) groups excluding carboxylic acids is 1. The first kappa shape index (κ1) is 14.7. The standard InChI is InChI=1S/C11H12N6O3S/c1-6-2-3-21-7(6)4-13-15-8(18)5-12-9-10(19)14-11(20)17-16-9/h2-4H,5H2,1H3,(H,12,16)(H,15,18)(H2,14,17,19,20)/b13-4+. The zero-order valence-electron chi connectivity index (χ0n) is 11.0. The van der Waals surface area contributed by atoms with Gasteiger partial charge in [-0.25, -0.2) is 15.3 Å². The van der Waals surface area contributed by atoms with Crippen molar-refractivity contribution >= 4 is 29.3 Å². The second-order valence-electron chi connectivity index (χ2n) is 3.97. The molecule has 2 aromatic heterocycles. The number of hydrogen-bond donors (Lipinski definition) is 4. The lowest BCUT2D eigenvalue weighted by Gasteiger charge is -2.02. The van der Waals surface area contributed by atoms with E-state index in [-0.39, 0.29) is 12.4 Å². The summed E-state index contributed by atoms with van der Waals surface area (Å²) in [5, 5.41) is 13.7. The van der Waals surface area contributed by atoms with Crippen LogP contribution in [0.4, 0.5) is 5.82 Å². The van der Waals surface area contributed by atoms with Crippen molar-refractivity contribution in [3.63, 3.8) is 0 Å². The summed E-state index contributed by atoms with van der Waals surface area (Å²) < 4.78 is 0. The maximum Gasteiger partial charge on any atom is 0.342 e. The van der Waals surface area contributed by atoms with E-state index in [0.29, 0.717) is 0 Å². The van der Waals surface area contributed by atoms with Gasteiger partial charge in [0.15, 0.2) is 0 Å². The molecule has 0 unspecified atom stereocenters. The summed E-state index contributed by atoms with van der Waals surface area (Å²) in [5.74, 6) is -0.601. The highest BCUT2D eigenvalue weighted by Crippen LogP contribution is 2.12. The first-order valence-electron chi connectivity index (χ1n) is 5.85. The molecule has 0 spiro atoms. The molecule has 9 nitrogen and oxygen atoms in total. The molecule has 2 rings (SSSR count). The molecule has 0 aliphatic heterocycles. The number of anilines is 1. The van der Waals surface area contributed by atoms with Gasteiger partial charge in [-0.05, 0) is 23.9 Å². The number of rotatable bonds is 5. The van der Waals surface area contributed by atoms with E-state index in [1.165, 1.54) is 11.3 Å². The zero-order valence-corrected chi connectivity index (χ0v) is 11.8. The number of aromatic amines is 2. The molecular formula is C11H12N6O3S. The molecule has 110 valence electrons. The Morgan fingerprint density at radius 3 is 3.00 bits per heavy atom. The predicted molar refractivity (Wildman–Crippen MR) is 78.8 cm³/mol. The summed E-state index contributed by atoms with van der Waals surface area (Å²) in [4.78, 5) is 36.5. The van der Waals surface area contributed by atoms with E-state index >= 15 is 0 Å². The molecule has 10 heteroatoms. The second kappa shape index (κ2) is 6.61. The number of aryl methyl sites for hydroxylation is 1. The molecule has 0 saturated carbocycles. The number of carbonyl (C=O) groups is 1. The van der Waals surface area contributed by atoms with Gasteiger partial charge in [0, 0.05) is 4.88 Å². The smallest absolute Gasteiger partial charge is 0.342 e. The van der Waals surface area contributed by atoms with Gasteiger partial charge in [0.05, 0.1) is 12.8 Å². The Morgan fingerprint density at radius 1 is 1.52 bits per heavy atom. The van der Waals surface area contributed by atoms with E-state index in [1.54, 1.807) is 6.21 Å². The van der Waals surface area contributed by atoms with Crippen LogP contribution in [0.15, 0.2) is 26.1 Å². The van der Waals surface area contributed by atoms with Crippen molar-refractivity contribution in [3.8, 4) is 0 Å². The van der Waals surface area contributed by atoms with Crippen molar-refractivity contribution in [1.29, 1.82) is 0 Å². The Morgan fingerprint density at radius 2 is 2.33 bits per heavy atom. The number of H-pyrrole nitrogens is 2. The molecule has 2 aromatic rings. The maximum absolute atomic E-state index is 11.5. The molecule has 21 heavy (non-hydrogen) atoms. The predicted octanol–water partition coefficient (Wildman–Crippen LogP) is -0.610. The zero-order chi connectivity index (χ0) is 15.2. The average molecular weight is 308 g/mol. The van der Waals surface area contributed by atoms with Crippen molar-refractivity contribution in [1.82, 2.24) is 20.6 Å². The Labute approximate surface area is 122 Å². The minimum atomic E-state index is -0.717. The molecule has 0 atom stereocenters. The van der Waals surface area contributed by atoms with E-state index in [9.17, 15) is 14.4 Å². The van der Waals surface area contributed by atoms with Crippen molar-refractivity contribution < 1.29 is 4.79 Å². The van der Waals surface area contributed by atoms with Crippen LogP contribution in [0.25, 0.3) is 0 Å². The van der Waals surface area contributed by atoms with Crippen LogP contribution in [-0.4, -0.2) is 33.8 Å². The number of aromatic nitrogens is 3. The summed E-state index contributed by atoms with van der Waals surface area (Å²) in [6, 6.07) is 1.95. The van der Waals surface area contributed by atoms with Crippen LogP contribution < -0.4 is 22.0 Å². The van der Waals surface area contributed by atoms with E-state index in [2.05, 4.69) is 20.9 Å². The van der Waals surface area contributed by atoms with Crippen molar-refractivity contribution in [2.24, 2.45) is 5.10 Å². The van der Waals surface area contributed by atoms with E-state index < -0.39 is 17.2 Å². The van der Waals surface area contributed by atoms with Gasteiger partial charge >= 0.3 is 5.69 Å². The largest absolute Gasteiger partial charge is 0.355 e. The van der Waals surface area contributed by atoms with E-state index in [1.807, 2.05) is 28.5 Å². The SMILES string of the molecule is Cc1ccsc1/C=N/NC(=O)CNc1n[nH]c(=O)[nH]c1=O. The topological polar surface area (TPSA) is 132 Å². The third-order valence-electron chi connectivity index (χ3n) is 2.40. The number of thiophene rings is 1. The van der Waals surface area contributed by atoms with E-state index in [0.717, 1.165) is 10.4 Å². The average Bonchev–Trinajstić information content (AvgIpc) is 2.83. The monoisotopic (exact) mass is 308 g/mol. The number of hydrazone groups is 1. The minimum absolute atomic E-state index is 0.150. The molecule has 0 fully saturated rings. The minimum Gasteiger partial charge on any atom is -0.355 e. The van der Waals surface area contributed by atoms with Crippen LogP contribution in [0, 0.1) is 6.92 Å². The maximum atomic E-state index is 11.5. The van der Waals surface area contributed by atoms with Gasteiger partial charge in [-0.2, -0.15) is 5.10 Å². The molecule has 0 bridgehead atoms. The van der Waals surface area contributed by atoms with Crippen molar-refractivity contribution in [2.45, 2.75) is 6.92 Å². The number of nitrogens with one attached hydrogen (secondary N) is 4. The van der Waals surface area contributed by atoms with Crippen LogP contribution in [0.1, 0.15) is 10.4 Å². The molecule has 0 aliphatic rings. The molecule has 0 saturated heterocycles. The van der Waals surface area contributed by atoms with Crippen LogP contribution >= 0.6 is 11.3 Å². The normalized spacial score (nSPS) is 10.7. The Balaban J connectivity index is 1.85. The summed E-state index contributed by atoms with van der Waals surface area (Å²) in [6.45, 7) is 1.73. The third-order valence-corrected chi connectivity index (χ3v) is 3.35. The molecule has 1 amide bonds. The highest BCUT2D eigenvalue weighted by molar-refractivity contribution is 7.11. The summed E-state index contributed by atoms with van der Waals surface area (Å²) in [7, 11) is 0. The quantitative estimate of drug-likeness (QED) is 0.432. The highest BCUT2D eigenvalue weighted by Gasteiger charge is 2.04. The van der Waals surface area contributed by atoms with Gasteiger partial charge in [0.25, 0.3) is 11.5 Å². The van der Waals surface area contributed by atoms with Crippen LogP contribution in [-0.2, 0) is 4.79 Å². The molecule has 0 aliphatic carbocycles. The number of hydrogen-bond acceptors (Lipinski definition) is 7. The van der Waals surface area contributed by atoms with Gasteiger partial charge < -0.3 is 5.32 Å². The van der Waals surface area contributed by atoms with Crippen LogP contribution in [0.5, 0.6) is 0 Å². The number of nitrogens with zero attached hydrogens (tertiary/aromatic N) is 2. The van der Waals surface area contributed by atoms with Crippen LogP contribution in [0.2, 0.25) is 0 Å². The third kappa shape index (κ3) is 4.11. The second-order valence-corrected chi connectivity index (χ2v) is 4.92. The lowest BCUT2D eigenvalue weighted by Crippen LogP contribution is -2.31. The Hall–Kier alpha value is -2.75. The van der Waals surface area contributed by atoms with Gasteiger partial charge in [0.2, 0.25) is 5.82 Å². The van der Waals surface area contributed by atoms with Gasteiger partial charge in [-0.15, -0.1) is 16.4 Å². The van der Waals surface area contributed by atoms with E-state index in [4.69, 9.17) is 0 Å². The van der Waals surface area contributed by atoms with Gasteiger partial charge in [-0.1, -0.05) is 0 Å². The Kier molecular flexibility index (Phi) is 4.61. The summed E-state index contributed by atoms with van der Waals surface area (Å²) in [6.07, 6.45) is 1.54. The Bertz CT molecular complexity index is 775. The lowest BCUT2D eigenvalue weighted by molar-refractivity contribution is -0.119. The molecule has 2 heterocycles. The first-order valence-corrected chi connectivity index (χ1v) is 6.73. The highest BCUT2D eigenvalue weighted by atomic mass is 32.1. The molecular weight excluding hydrogens is 296 g/mol. The fourth-order valence-electron chi connectivity index (χ4n) is 1.35. The van der Waals surface area contributed by atoms with Crippen molar-refractivity contribution in [2.75, 3.05) is 11.9 Å².